The van der Waals surface area contributed by atoms with Crippen molar-refractivity contribution in [2.45, 2.75) is 25.1 Å². The number of nitrogens with zero attached hydrogens (tertiary/aromatic N) is 2. The molecule has 1 aliphatic carbocycles. The quantitative estimate of drug-likeness (QED) is 0.669. The van der Waals surface area contributed by atoms with Gasteiger partial charge in [-0.05, 0) is 37.2 Å². The summed E-state index contributed by atoms with van der Waals surface area (Å²) in [5, 5.41) is 6.38. The zero-order valence-electron chi connectivity index (χ0n) is 10.0. The van der Waals surface area contributed by atoms with E-state index in [0.717, 1.165) is 18.9 Å². The minimum atomic E-state index is -4.74. The van der Waals surface area contributed by atoms with Crippen LogP contribution in [0.2, 0.25) is 0 Å². The molecule has 1 fully saturated rings. The van der Waals surface area contributed by atoms with Gasteiger partial charge in [0.15, 0.2) is 10.6 Å². The van der Waals surface area contributed by atoms with Gasteiger partial charge in [-0.3, -0.25) is 9.67 Å². The number of aromatic nitrogens is 3. The highest BCUT2D eigenvalue weighted by Gasteiger charge is 2.36. The van der Waals surface area contributed by atoms with Crippen molar-refractivity contribution in [2.24, 2.45) is 0 Å². The van der Waals surface area contributed by atoms with Crippen molar-refractivity contribution in [3.8, 4) is 11.4 Å². The van der Waals surface area contributed by atoms with Gasteiger partial charge in [0.25, 0.3) is 0 Å². The molecule has 3 nitrogen and oxygen atoms in total. The summed E-state index contributed by atoms with van der Waals surface area (Å²) < 4.78 is 54.2. The first-order valence-corrected chi connectivity index (χ1v) is 6.33. The van der Waals surface area contributed by atoms with Crippen LogP contribution in [-0.4, -0.2) is 14.8 Å². The van der Waals surface area contributed by atoms with E-state index >= 15 is 0 Å². The number of H-pyrrole nitrogens is 1. The number of halogens is 4. The van der Waals surface area contributed by atoms with Gasteiger partial charge in [0.2, 0.25) is 0 Å². The average molecular weight is 303 g/mol. The number of aromatic amines is 1. The Morgan fingerprint density at radius 1 is 1.30 bits per heavy atom. The van der Waals surface area contributed by atoms with E-state index < -0.39 is 17.6 Å². The molecule has 1 N–H and O–H groups in total. The van der Waals surface area contributed by atoms with Gasteiger partial charge in [-0.15, -0.1) is 0 Å². The topological polar surface area (TPSA) is 33.6 Å². The predicted molar refractivity (Wildman–Crippen MR) is 66.1 cm³/mol. The lowest BCUT2D eigenvalue weighted by molar-refractivity contribution is -0.139. The van der Waals surface area contributed by atoms with Crippen molar-refractivity contribution in [1.82, 2.24) is 14.8 Å². The van der Waals surface area contributed by atoms with Crippen LogP contribution in [0.4, 0.5) is 17.6 Å². The molecule has 3 rings (SSSR count). The Labute approximate surface area is 116 Å². The second-order valence-electron chi connectivity index (χ2n) is 4.62. The summed E-state index contributed by atoms with van der Waals surface area (Å²) in [7, 11) is 0. The SMILES string of the molecule is Fc1c(-c2n[nH]c(=S)n2C2CC2)cccc1C(F)(F)F. The number of hydrogen-bond donors (Lipinski definition) is 1. The third-order valence-electron chi connectivity index (χ3n) is 3.16. The van der Waals surface area contributed by atoms with Gasteiger partial charge in [0, 0.05) is 6.04 Å². The first-order chi connectivity index (χ1) is 9.39. The van der Waals surface area contributed by atoms with Crippen LogP contribution in [0.25, 0.3) is 11.4 Å². The molecule has 0 amide bonds. The first-order valence-electron chi connectivity index (χ1n) is 5.92. The molecule has 20 heavy (non-hydrogen) atoms. The summed E-state index contributed by atoms with van der Waals surface area (Å²) in [5.41, 5.74) is -1.50. The van der Waals surface area contributed by atoms with Crippen molar-refractivity contribution in [1.29, 1.82) is 0 Å². The molecule has 2 aromatic rings. The van der Waals surface area contributed by atoms with Crippen LogP contribution in [0.15, 0.2) is 18.2 Å². The van der Waals surface area contributed by atoms with Crippen molar-refractivity contribution >= 4 is 12.2 Å². The van der Waals surface area contributed by atoms with Crippen LogP contribution < -0.4 is 0 Å². The third kappa shape index (κ3) is 2.13. The molecule has 1 aromatic carbocycles. The second kappa shape index (κ2) is 4.41. The summed E-state index contributed by atoms with van der Waals surface area (Å²) in [4.78, 5) is 0. The Kier molecular flexibility index (Phi) is 2.93. The maximum absolute atomic E-state index is 14.1. The third-order valence-corrected chi connectivity index (χ3v) is 3.45. The van der Waals surface area contributed by atoms with Gasteiger partial charge in [-0.2, -0.15) is 18.3 Å². The molecule has 1 saturated carbocycles. The number of hydrogen-bond acceptors (Lipinski definition) is 2. The zero-order valence-corrected chi connectivity index (χ0v) is 10.9. The van der Waals surface area contributed by atoms with Crippen LogP contribution in [0.5, 0.6) is 0 Å². The second-order valence-corrected chi connectivity index (χ2v) is 5.01. The molecule has 0 saturated heterocycles. The Balaban J connectivity index is 2.19. The van der Waals surface area contributed by atoms with Gasteiger partial charge >= 0.3 is 6.18 Å². The largest absolute Gasteiger partial charge is 0.419 e. The molecular weight excluding hydrogens is 294 g/mol. The standard InChI is InChI=1S/C12H9F4N3S/c13-9-7(2-1-3-8(9)12(14,15)16)10-17-18-11(20)19(10)6-4-5-6/h1-3,6H,4-5H2,(H,18,20). The van der Waals surface area contributed by atoms with Crippen LogP contribution >= 0.6 is 12.2 Å². The van der Waals surface area contributed by atoms with E-state index in [1.165, 1.54) is 6.07 Å². The van der Waals surface area contributed by atoms with Gasteiger partial charge in [-0.25, -0.2) is 4.39 Å². The Morgan fingerprint density at radius 3 is 2.60 bits per heavy atom. The lowest BCUT2D eigenvalue weighted by atomic mass is 10.1. The molecule has 1 aromatic heterocycles. The Morgan fingerprint density at radius 2 is 2.00 bits per heavy atom. The predicted octanol–water partition coefficient (Wildman–Crippen LogP) is 4.10. The van der Waals surface area contributed by atoms with E-state index in [9.17, 15) is 17.6 Å². The fourth-order valence-electron chi connectivity index (χ4n) is 2.09. The van der Waals surface area contributed by atoms with E-state index in [-0.39, 0.29) is 17.4 Å². The number of alkyl halides is 3. The molecule has 1 aliphatic rings. The lowest BCUT2D eigenvalue weighted by Gasteiger charge is -2.11. The Bertz CT molecular complexity index is 712. The van der Waals surface area contributed by atoms with Gasteiger partial charge in [-0.1, -0.05) is 6.07 Å². The van der Waals surface area contributed by atoms with E-state index in [0.29, 0.717) is 10.8 Å². The van der Waals surface area contributed by atoms with Crippen LogP contribution in [-0.2, 0) is 6.18 Å². The summed E-state index contributed by atoms with van der Waals surface area (Å²) in [6, 6.07) is 3.23. The fourth-order valence-corrected chi connectivity index (χ4v) is 2.37. The monoisotopic (exact) mass is 303 g/mol. The van der Waals surface area contributed by atoms with Crippen LogP contribution in [0.3, 0.4) is 0 Å². The summed E-state index contributed by atoms with van der Waals surface area (Å²) in [6.07, 6.45) is -3.01. The van der Waals surface area contributed by atoms with Crippen LogP contribution in [0.1, 0.15) is 24.4 Å². The maximum atomic E-state index is 14.1. The van der Waals surface area contributed by atoms with Gasteiger partial charge < -0.3 is 0 Å². The first kappa shape index (κ1) is 13.3. The minimum absolute atomic E-state index is 0.0881. The molecule has 0 atom stereocenters. The molecule has 0 radical (unpaired) electrons. The zero-order chi connectivity index (χ0) is 14.5. The number of nitrogens with one attached hydrogen (secondary N) is 1. The summed E-state index contributed by atoms with van der Waals surface area (Å²) >= 11 is 5.04. The average Bonchev–Trinajstić information content (AvgIpc) is 3.12. The summed E-state index contributed by atoms with van der Waals surface area (Å²) in [6.45, 7) is 0. The smallest absolute Gasteiger partial charge is 0.297 e. The van der Waals surface area contributed by atoms with Crippen molar-refractivity contribution in [3.05, 3.63) is 34.4 Å². The van der Waals surface area contributed by atoms with E-state index in [1.807, 2.05) is 0 Å². The summed E-state index contributed by atoms with van der Waals surface area (Å²) in [5.74, 6) is -1.21. The number of rotatable bonds is 2. The van der Waals surface area contributed by atoms with Crippen molar-refractivity contribution in [2.75, 3.05) is 0 Å². The molecule has 1 heterocycles. The molecule has 0 aliphatic heterocycles. The highest BCUT2D eigenvalue weighted by molar-refractivity contribution is 7.71. The highest BCUT2D eigenvalue weighted by Crippen LogP contribution is 2.40. The van der Waals surface area contributed by atoms with Gasteiger partial charge in [0.1, 0.15) is 5.82 Å². The number of benzene rings is 1. The molecule has 106 valence electrons. The van der Waals surface area contributed by atoms with E-state index in [4.69, 9.17) is 12.2 Å². The highest BCUT2D eigenvalue weighted by atomic mass is 32.1. The van der Waals surface area contributed by atoms with E-state index in [1.54, 1.807) is 4.57 Å². The van der Waals surface area contributed by atoms with Crippen LogP contribution in [0, 0.1) is 10.6 Å². The fraction of sp³-hybridized carbons (Fsp3) is 0.333. The Hall–Kier alpha value is -1.70. The molecular formula is C12H9F4N3S. The maximum Gasteiger partial charge on any atom is 0.419 e. The lowest BCUT2D eigenvalue weighted by Crippen LogP contribution is -2.10. The normalized spacial score (nSPS) is 15.6. The molecule has 0 spiro atoms. The van der Waals surface area contributed by atoms with Crippen molar-refractivity contribution < 1.29 is 17.6 Å². The van der Waals surface area contributed by atoms with Gasteiger partial charge in [0.05, 0.1) is 11.1 Å². The molecule has 0 bridgehead atoms. The molecule has 0 unspecified atom stereocenters. The van der Waals surface area contributed by atoms with Crippen molar-refractivity contribution in [3.63, 3.8) is 0 Å². The minimum Gasteiger partial charge on any atom is -0.297 e. The van der Waals surface area contributed by atoms with E-state index in [2.05, 4.69) is 10.2 Å². The molecule has 8 heteroatoms.